The smallest absolute Gasteiger partial charge is 0.0137 e. The highest BCUT2D eigenvalue weighted by Crippen LogP contribution is 2.52. The van der Waals surface area contributed by atoms with Gasteiger partial charge in [-0.05, 0) is 102 Å². The summed E-state index contributed by atoms with van der Waals surface area (Å²) in [5.74, 6) is 0.587. The largest absolute Gasteiger partial charge is 0.0836 e. The molecule has 218 valence electrons. The Balaban J connectivity index is 1.17. The van der Waals surface area contributed by atoms with Crippen molar-refractivity contribution in [3.05, 3.63) is 192 Å². The molecule has 6 aromatic rings. The lowest BCUT2D eigenvalue weighted by Gasteiger charge is -2.39. The summed E-state index contributed by atoms with van der Waals surface area (Å²) in [4.78, 5) is 0. The van der Waals surface area contributed by atoms with Gasteiger partial charge in [-0.25, -0.2) is 0 Å². The first kappa shape index (κ1) is 26.9. The van der Waals surface area contributed by atoms with E-state index in [1.54, 1.807) is 0 Å². The lowest BCUT2D eigenvalue weighted by atomic mass is 9.65. The van der Waals surface area contributed by atoms with Crippen LogP contribution in [0.2, 0.25) is 0 Å². The van der Waals surface area contributed by atoms with Gasteiger partial charge in [-0.3, -0.25) is 0 Å². The quantitative estimate of drug-likeness (QED) is 0.193. The zero-order chi connectivity index (χ0) is 30.5. The summed E-state index contributed by atoms with van der Waals surface area (Å²) in [6, 6.07) is 49.4. The minimum absolute atomic E-state index is 0.283. The summed E-state index contributed by atoms with van der Waals surface area (Å²) < 4.78 is 0. The lowest BCUT2D eigenvalue weighted by molar-refractivity contribution is 0.679. The van der Waals surface area contributed by atoms with Crippen LogP contribution in [0.15, 0.2) is 181 Å². The number of hydrogen-bond donors (Lipinski definition) is 0. The van der Waals surface area contributed by atoms with Crippen LogP contribution in [0, 0.1) is 11.8 Å². The van der Waals surface area contributed by atoms with E-state index >= 15 is 0 Å². The average molecular weight is 587 g/mol. The monoisotopic (exact) mass is 586 g/mol. The summed E-state index contributed by atoms with van der Waals surface area (Å²) in [6.07, 6.45) is 16.3. The topological polar surface area (TPSA) is 0 Å². The molecule has 2 unspecified atom stereocenters. The number of fused-ring (bicyclic) bond motifs is 4. The van der Waals surface area contributed by atoms with E-state index in [4.69, 9.17) is 0 Å². The van der Waals surface area contributed by atoms with Crippen LogP contribution in [-0.4, -0.2) is 0 Å². The van der Waals surface area contributed by atoms with Gasteiger partial charge in [-0.1, -0.05) is 158 Å². The lowest BCUT2D eigenvalue weighted by Crippen LogP contribution is -2.24. The minimum Gasteiger partial charge on any atom is -0.0836 e. The maximum Gasteiger partial charge on any atom is 0.0137 e. The van der Waals surface area contributed by atoms with Crippen LogP contribution in [0.1, 0.15) is 24.0 Å². The maximum absolute atomic E-state index is 2.44. The van der Waals surface area contributed by atoms with Crippen molar-refractivity contribution in [2.75, 3.05) is 0 Å². The van der Waals surface area contributed by atoms with Crippen LogP contribution in [0.25, 0.3) is 54.9 Å². The summed E-state index contributed by atoms with van der Waals surface area (Å²) >= 11 is 0. The van der Waals surface area contributed by atoms with Crippen molar-refractivity contribution in [2.24, 2.45) is 11.8 Å². The second-order valence-corrected chi connectivity index (χ2v) is 12.7. The van der Waals surface area contributed by atoms with Crippen LogP contribution in [0.4, 0.5) is 0 Å². The highest BCUT2D eigenvalue weighted by molar-refractivity contribution is 5.97. The number of benzene rings is 6. The Morgan fingerprint density at radius 1 is 0.457 bits per heavy atom. The van der Waals surface area contributed by atoms with Gasteiger partial charge in [-0.15, -0.1) is 0 Å². The van der Waals surface area contributed by atoms with Gasteiger partial charge < -0.3 is 0 Å². The molecule has 0 saturated carbocycles. The van der Waals surface area contributed by atoms with Gasteiger partial charge in [0, 0.05) is 11.8 Å². The van der Waals surface area contributed by atoms with Crippen molar-refractivity contribution in [1.29, 1.82) is 0 Å². The van der Waals surface area contributed by atoms with E-state index in [1.165, 1.54) is 77.2 Å². The minimum atomic E-state index is 0.283. The molecular formula is C46H34. The first-order valence-electron chi connectivity index (χ1n) is 16.5. The van der Waals surface area contributed by atoms with E-state index in [1.807, 2.05) is 0 Å². The molecule has 0 heterocycles. The zero-order valence-corrected chi connectivity index (χ0v) is 25.7. The van der Waals surface area contributed by atoms with Crippen molar-refractivity contribution in [3.8, 4) is 22.3 Å². The Kier molecular flexibility index (Phi) is 6.53. The van der Waals surface area contributed by atoms with E-state index in [0.29, 0.717) is 5.92 Å². The van der Waals surface area contributed by atoms with Crippen LogP contribution in [-0.2, 0) is 0 Å². The third kappa shape index (κ3) is 4.53. The van der Waals surface area contributed by atoms with E-state index in [9.17, 15) is 0 Å². The molecule has 0 aliphatic heterocycles. The molecule has 2 atom stereocenters. The fourth-order valence-corrected chi connectivity index (χ4v) is 7.99. The van der Waals surface area contributed by atoms with Gasteiger partial charge in [0.05, 0.1) is 0 Å². The molecule has 0 spiro atoms. The van der Waals surface area contributed by atoms with Gasteiger partial charge in [0.1, 0.15) is 0 Å². The predicted molar refractivity (Wildman–Crippen MR) is 196 cm³/mol. The third-order valence-electron chi connectivity index (χ3n) is 10.1. The van der Waals surface area contributed by atoms with E-state index in [-0.39, 0.29) is 5.92 Å². The van der Waals surface area contributed by atoms with Crippen LogP contribution < -0.4 is 0 Å². The highest BCUT2D eigenvalue weighted by atomic mass is 14.4. The van der Waals surface area contributed by atoms with Crippen molar-refractivity contribution in [1.82, 2.24) is 0 Å². The molecule has 0 nitrogen and oxygen atoms in total. The van der Waals surface area contributed by atoms with E-state index < -0.39 is 0 Å². The molecular weight excluding hydrogens is 553 g/mol. The molecule has 0 saturated heterocycles. The third-order valence-corrected chi connectivity index (χ3v) is 10.1. The normalized spacial score (nSPS) is 18.7. The van der Waals surface area contributed by atoms with E-state index in [0.717, 1.165) is 12.8 Å². The summed E-state index contributed by atoms with van der Waals surface area (Å²) in [5.41, 5.74) is 13.6. The van der Waals surface area contributed by atoms with Crippen molar-refractivity contribution in [2.45, 2.75) is 12.8 Å². The second-order valence-electron chi connectivity index (χ2n) is 12.7. The highest BCUT2D eigenvalue weighted by Gasteiger charge is 2.36. The molecule has 9 rings (SSSR count). The molecule has 0 fully saturated rings. The first-order chi connectivity index (χ1) is 22.8. The zero-order valence-electron chi connectivity index (χ0n) is 25.7. The molecule has 3 aliphatic rings. The number of hydrogen-bond acceptors (Lipinski definition) is 0. The Morgan fingerprint density at radius 2 is 1.11 bits per heavy atom. The predicted octanol–water partition coefficient (Wildman–Crippen LogP) is 12.3. The first-order valence-corrected chi connectivity index (χ1v) is 16.5. The van der Waals surface area contributed by atoms with Crippen molar-refractivity contribution >= 4 is 32.7 Å². The Bertz CT molecular complexity index is 2300. The van der Waals surface area contributed by atoms with Crippen molar-refractivity contribution in [3.63, 3.8) is 0 Å². The van der Waals surface area contributed by atoms with Gasteiger partial charge in [0.25, 0.3) is 0 Å². The Morgan fingerprint density at radius 3 is 1.98 bits per heavy atom. The Hall–Kier alpha value is -5.46. The second kappa shape index (κ2) is 11.2. The number of allylic oxidation sites excluding steroid dienone is 10. The molecule has 0 amide bonds. The maximum atomic E-state index is 2.44. The van der Waals surface area contributed by atoms with Gasteiger partial charge >= 0.3 is 0 Å². The SMILES string of the molecule is C1=CC2C(c3cccc(-c4ccc5ccccc5c4)c3)=C3C=CCCC3=C(c3ccc(-c4cccc5ccccc45)cc3)C2C=C1. The van der Waals surface area contributed by atoms with E-state index in [2.05, 4.69) is 170 Å². The molecule has 0 radical (unpaired) electrons. The Labute approximate surface area is 271 Å². The molecule has 46 heavy (non-hydrogen) atoms. The molecule has 0 bridgehead atoms. The van der Waals surface area contributed by atoms with Gasteiger partial charge in [-0.2, -0.15) is 0 Å². The molecule has 0 heteroatoms. The molecule has 0 N–H and O–H groups in total. The number of rotatable bonds is 4. The fraction of sp³-hybridized carbons (Fsp3) is 0.0870. The average Bonchev–Trinajstić information content (AvgIpc) is 3.13. The van der Waals surface area contributed by atoms with Crippen LogP contribution in [0.3, 0.4) is 0 Å². The molecule has 0 aromatic heterocycles. The fourth-order valence-electron chi connectivity index (χ4n) is 7.99. The van der Waals surface area contributed by atoms with Gasteiger partial charge in [0.2, 0.25) is 0 Å². The van der Waals surface area contributed by atoms with Crippen LogP contribution >= 0.6 is 0 Å². The summed E-state index contributed by atoms with van der Waals surface area (Å²) in [7, 11) is 0. The molecule has 6 aromatic carbocycles. The van der Waals surface area contributed by atoms with Crippen LogP contribution in [0.5, 0.6) is 0 Å². The standard InChI is InChI=1S/C46H34/c1-2-13-35-29-37(28-23-31(35)11-1)36-15-9-16-38(30-36)46-43-20-7-5-18-41(43)45(42-19-6-8-21-44(42)46)34-26-24-33(25-27-34)40-22-10-14-32-12-3-4-17-39(32)40/h1-5,7-18,20-30,41,43H,6,19H2. The summed E-state index contributed by atoms with van der Waals surface area (Å²) in [5, 5.41) is 5.14. The van der Waals surface area contributed by atoms with Gasteiger partial charge in [0.15, 0.2) is 0 Å². The molecule has 3 aliphatic carbocycles. The van der Waals surface area contributed by atoms with Crippen molar-refractivity contribution < 1.29 is 0 Å². The summed E-state index contributed by atoms with van der Waals surface area (Å²) in [6.45, 7) is 0.